The molecule has 2 atom stereocenters. The van der Waals surface area contributed by atoms with Crippen molar-refractivity contribution in [3.8, 4) is 0 Å². The van der Waals surface area contributed by atoms with Crippen molar-refractivity contribution in [2.45, 2.75) is 25.8 Å². The second-order valence-corrected chi connectivity index (χ2v) is 5.07. The first-order valence-electron chi connectivity index (χ1n) is 6.42. The molecule has 1 aliphatic heterocycles. The second kappa shape index (κ2) is 5.52. The van der Waals surface area contributed by atoms with Gasteiger partial charge in [0, 0.05) is 18.8 Å². The number of aliphatic hydroxyl groups excluding tert-OH is 1. The van der Waals surface area contributed by atoms with Crippen molar-refractivity contribution in [2.24, 2.45) is 11.7 Å². The van der Waals surface area contributed by atoms with Gasteiger partial charge >= 0.3 is 0 Å². The summed E-state index contributed by atoms with van der Waals surface area (Å²) in [6.45, 7) is 4.60. The lowest BCUT2D eigenvalue weighted by molar-refractivity contribution is 0.268. The number of nitrogens with zero attached hydrogens (tertiary/aromatic N) is 1. The normalized spacial score (nSPS) is 22.5. The highest BCUT2D eigenvalue weighted by molar-refractivity contribution is 5.48. The van der Waals surface area contributed by atoms with E-state index in [0.717, 1.165) is 24.6 Å². The van der Waals surface area contributed by atoms with Gasteiger partial charge in [-0.1, -0.05) is 19.1 Å². The number of hydrogen-bond acceptors (Lipinski definition) is 3. The Morgan fingerprint density at radius 1 is 1.41 bits per heavy atom. The highest BCUT2D eigenvalue weighted by Gasteiger charge is 2.16. The van der Waals surface area contributed by atoms with Gasteiger partial charge < -0.3 is 15.7 Å². The van der Waals surface area contributed by atoms with Crippen molar-refractivity contribution in [2.75, 3.05) is 24.6 Å². The number of piperidine rings is 1. The van der Waals surface area contributed by atoms with Crippen LogP contribution in [0.1, 0.15) is 31.4 Å². The summed E-state index contributed by atoms with van der Waals surface area (Å²) in [5.41, 5.74) is 8.05. The molecule has 0 bridgehead atoms. The molecular formula is C14H22N2O. The summed E-state index contributed by atoms with van der Waals surface area (Å²) in [7, 11) is 0. The van der Waals surface area contributed by atoms with E-state index in [4.69, 9.17) is 10.8 Å². The Kier molecular flexibility index (Phi) is 4.02. The van der Waals surface area contributed by atoms with Crippen LogP contribution in [0, 0.1) is 5.92 Å². The predicted octanol–water partition coefficient (Wildman–Crippen LogP) is 1.92. The van der Waals surface area contributed by atoms with Crippen LogP contribution in [0.3, 0.4) is 0 Å². The number of hydrogen-bond donors (Lipinski definition) is 2. The summed E-state index contributed by atoms with van der Waals surface area (Å²) in [6.07, 6.45) is 2.61. The maximum absolute atomic E-state index is 9.01. The maximum atomic E-state index is 9.01. The van der Waals surface area contributed by atoms with Crippen molar-refractivity contribution in [1.82, 2.24) is 0 Å². The van der Waals surface area contributed by atoms with Crippen LogP contribution in [-0.2, 0) is 0 Å². The summed E-state index contributed by atoms with van der Waals surface area (Å²) in [4.78, 5) is 2.43. The number of nitrogens with two attached hydrogens (primary N) is 1. The van der Waals surface area contributed by atoms with Crippen LogP contribution in [0.5, 0.6) is 0 Å². The van der Waals surface area contributed by atoms with Gasteiger partial charge in [0.2, 0.25) is 0 Å². The van der Waals surface area contributed by atoms with Gasteiger partial charge in [0.1, 0.15) is 0 Å². The molecule has 2 rings (SSSR count). The van der Waals surface area contributed by atoms with Crippen LogP contribution in [0.4, 0.5) is 5.69 Å². The van der Waals surface area contributed by atoms with Crippen molar-refractivity contribution < 1.29 is 5.11 Å². The molecule has 0 radical (unpaired) electrons. The Morgan fingerprint density at radius 3 is 2.71 bits per heavy atom. The van der Waals surface area contributed by atoms with Gasteiger partial charge in [-0.25, -0.2) is 0 Å². The summed E-state index contributed by atoms with van der Waals surface area (Å²) in [6, 6.07) is 8.01. The molecule has 3 heteroatoms. The van der Waals surface area contributed by atoms with E-state index in [9.17, 15) is 0 Å². The Bertz CT molecular complexity index is 350. The Hall–Kier alpha value is -1.06. The van der Waals surface area contributed by atoms with Gasteiger partial charge in [-0.2, -0.15) is 0 Å². The quantitative estimate of drug-likeness (QED) is 0.840. The Balaban J connectivity index is 2.06. The van der Waals surface area contributed by atoms with Crippen LogP contribution >= 0.6 is 0 Å². The van der Waals surface area contributed by atoms with Crippen LogP contribution in [-0.4, -0.2) is 24.8 Å². The first kappa shape index (κ1) is 12.4. The fourth-order valence-electron chi connectivity index (χ4n) is 2.46. The summed E-state index contributed by atoms with van der Waals surface area (Å²) >= 11 is 0. The Morgan fingerprint density at radius 2 is 2.12 bits per heavy atom. The minimum Gasteiger partial charge on any atom is -0.394 e. The minimum atomic E-state index is -0.260. The molecule has 0 aliphatic carbocycles. The first-order valence-corrected chi connectivity index (χ1v) is 6.42. The van der Waals surface area contributed by atoms with Crippen molar-refractivity contribution >= 4 is 5.69 Å². The number of rotatable bonds is 3. The molecule has 1 unspecified atom stereocenters. The SMILES string of the molecule is CC1CCCN(c2ccc([C@@H](N)CO)cc2)C1. The fourth-order valence-corrected chi connectivity index (χ4v) is 2.46. The molecule has 1 aromatic carbocycles. The van der Waals surface area contributed by atoms with Gasteiger partial charge in [0.15, 0.2) is 0 Å². The number of aliphatic hydroxyl groups is 1. The van der Waals surface area contributed by atoms with Gasteiger partial charge in [-0.05, 0) is 36.5 Å². The van der Waals surface area contributed by atoms with Gasteiger partial charge in [0.25, 0.3) is 0 Å². The molecule has 17 heavy (non-hydrogen) atoms. The highest BCUT2D eigenvalue weighted by atomic mass is 16.3. The van der Waals surface area contributed by atoms with E-state index < -0.39 is 0 Å². The molecule has 0 spiro atoms. The topological polar surface area (TPSA) is 49.5 Å². The third-order valence-corrected chi connectivity index (χ3v) is 3.54. The third kappa shape index (κ3) is 2.99. The van der Waals surface area contributed by atoms with Gasteiger partial charge in [-0.15, -0.1) is 0 Å². The van der Waals surface area contributed by atoms with Crippen LogP contribution in [0.2, 0.25) is 0 Å². The van der Waals surface area contributed by atoms with E-state index >= 15 is 0 Å². The minimum absolute atomic E-state index is 0.0000943. The molecule has 0 aromatic heterocycles. The lowest BCUT2D eigenvalue weighted by Gasteiger charge is -2.33. The van der Waals surface area contributed by atoms with E-state index in [1.165, 1.54) is 18.5 Å². The predicted molar refractivity (Wildman–Crippen MR) is 71.1 cm³/mol. The van der Waals surface area contributed by atoms with Gasteiger partial charge in [-0.3, -0.25) is 0 Å². The lowest BCUT2D eigenvalue weighted by atomic mass is 9.99. The molecule has 0 saturated carbocycles. The first-order chi connectivity index (χ1) is 8.20. The zero-order valence-corrected chi connectivity index (χ0v) is 10.5. The molecule has 1 saturated heterocycles. The second-order valence-electron chi connectivity index (χ2n) is 5.07. The van der Waals surface area contributed by atoms with E-state index in [-0.39, 0.29) is 12.6 Å². The average Bonchev–Trinajstić information content (AvgIpc) is 2.38. The van der Waals surface area contributed by atoms with Crippen LogP contribution in [0.15, 0.2) is 24.3 Å². The molecule has 0 amide bonds. The molecule has 1 aliphatic rings. The van der Waals surface area contributed by atoms with E-state index in [2.05, 4.69) is 24.0 Å². The molecule has 94 valence electrons. The van der Waals surface area contributed by atoms with Crippen molar-refractivity contribution in [3.05, 3.63) is 29.8 Å². The van der Waals surface area contributed by atoms with Gasteiger partial charge in [0.05, 0.1) is 12.6 Å². The Labute approximate surface area is 103 Å². The largest absolute Gasteiger partial charge is 0.394 e. The number of benzene rings is 1. The maximum Gasteiger partial charge on any atom is 0.0624 e. The monoisotopic (exact) mass is 234 g/mol. The lowest BCUT2D eigenvalue weighted by Crippen LogP contribution is -2.34. The summed E-state index contributed by atoms with van der Waals surface area (Å²) < 4.78 is 0. The zero-order chi connectivity index (χ0) is 12.3. The standard InChI is InChI=1S/C14H22N2O/c1-11-3-2-8-16(9-11)13-6-4-12(5-7-13)14(15)10-17/h4-7,11,14,17H,2-3,8-10,15H2,1H3/t11?,14-/m0/s1. The summed E-state index contributed by atoms with van der Waals surface area (Å²) in [5, 5.41) is 9.01. The van der Waals surface area contributed by atoms with Crippen molar-refractivity contribution in [3.63, 3.8) is 0 Å². The van der Waals surface area contributed by atoms with E-state index in [0.29, 0.717) is 0 Å². The summed E-state index contributed by atoms with van der Waals surface area (Å²) in [5.74, 6) is 0.781. The molecular weight excluding hydrogens is 212 g/mol. The molecule has 3 N–H and O–H groups in total. The van der Waals surface area contributed by atoms with E-state index in [1.54, 1.807) is 0 Å². The highest BCUT2D eigenvalue weighted by Crippen LogP contribution is 2.24. The molecule has 3 nitrogen and oxygen atoms in total. The number of anilines is 1. The molecule has 1 fully saturated rings. The van der Waals surface area contributed by atoms with Crippen LogP contribution < -0.4 is 10.6 Å². The van der Waals surface area contributed by atoms with Crippen molar-refractivity contribution in [1.29, 1.82) is 0 Å². The van der Waals surface area contributed by atoms with Crippen LogP contribution in [0.25, 0.3) is 0 Å². The average molecular weight is 234 g/mol. The third-order valence-electron chi connectivity index (χ3n) is 3.54. The molecule has 1 heterocycles. The smallest absolute Gasteiger partial charge is 0.0624 e. The van der Waals surface area contributed by atoms with E-state index in [1.807, 2.05) is 12.1 Å². The fraction of sp³-hybridized carbons (Fsp3) is 0.571. The molecule has 1 aromatic rings. The zero-order valence-electron chi connectivity index (χ0n) is 10.5.